The highest BCUT2D eigenvalue weighted by Gasteiger charge is 2.51. The lowest BCUT2D eigenvalue weighted by atomic mass is 9.95. The number of thiophene rings is 1. The lowest BCUT2D eigenvalue weighted by Crippen LogP contribution is -2.59. The lowest BCUT2D eigenvalue weighted by Gasteiger charge is -2.45. The first kappa shape index (κ1) is 27.3. The third kappa shape index (κ3) is 5.57. The van der Waals surface area contributed by atoms with Gasteiger partial charge in [0.25, 0.3) is 10.0 Å². The molecule has 13 heteroatoms. The van der Waals surface area contributed by atoms with E-state index in [0.29, 0.717) is 38.5 Å². The molecule has 3 heterocycles. The fourth-order valence-electron chi connectivity index (χ4n) is 4.57. The molecule has 0 saturated carbocycles. The van der Waals surface area contributed by atoms with Crippen molar-refractivity contribution in [3.05, 3.63) is 47.3 Å². The molecule has 0 aliphatic carbocycles. The van der Waals surface area contributed by atoms with Gasteiger partial charge in [-0.25, -0.2) is 8.42 Å². The Balaban J connectivity index is 1.59. The van der Waals surface area contributed by atoms with Crippen LogP contribution in [0.1, 0.15) is 12.5 Å². The highest BCUT2D eigenvalue weighted by Crippen LogP contribution is 2.39. The summed E-state index contributed by atoms with van der Waals surface area (Å²) in [4.78, 5) is 4.10. The van der Waals surface area contributed by atoms with Crippen molar-refractivity contribution in [1.29, 1.82) is 0 Å². The third-order valence-electron chi connectivity index (χ3n) is 6.74. The number of nitrogens with zero attached hydrogens (tertiary/aromatic N) is 3. The molecule has 0 unspecified atom stereocenters. The van der Waals surface area contributed by atoms with Crippen LogP contribution in [0.25, 0.3) is 0 Å². The Kier molecular flexibility index (Phi) is 8.01. The number of aliphatic hydroxyl groups is 2. The Labute approximate surface area is 212 Å². The predicted octanol–water partition coefficient (Wildman–Crippen LogP) is 2.09. The zero-order chi connectivity index (χ0) is 26.1. The maximum Gasteiger partial charge on any atom is 0.421 e. The summed E-state index contributed by atoms with van der Waals surface area (Å²) in [5.74, 6) is 0. The van der Waals surface area contributed by atoms with Gasteiger partial charge in [-0.3, -0.25) is 4.90 Å². The third-order valence-corrected chi connectivity index (χ3v) is 9.98. The van der Waals surface area contributed by atoms with Crippen LogP contribution >= 0.6 is 11.3 Å². The molecular weight excluding hydrogens is 519 g/mol. The number of aliphatic hydroxyl groups excluding tert-OH is 1. The Morgan fingerprint density at radius 2 is 1.83 bits per heavy atom. The van der Waals surface area contributed by atoms with Crippen LogP contribution < -0.4 is 4.90 Å². The minimum Gasteiger partial charge on any atom is -0.394 e. The minimum absolute atomic E-state index is 0.121. The van der Waals surface area contributed by atoms with Crippen LogP contribution in [0.4, 0.5) is 18.9 Å². The van der Waals surface area contributed by atoms with E-state index in [1.807, 2.05) is 4.90 Å². The van der Waals surface area contributed by atoms with Crippen molar-refractivity contribution < 1.29 is 36.5 Å². The topological polar surface area (TPSA) is 93.6 Å². The fourth-order valence-corrected chi connectivity index (χ4v) is 7.19. The van der Waals surface area contributed by atoms with Gasteiger partial charge in [0.15, 0.2) is 5.60 Å². The molecule has 2 aliphatic rings. The van der Waals surface area contributed by atoms with E-state index in [2.05, 4.69) is 4.90 Å². The highest BCUT2D eigenvalue weighted by atomic mass is 32.2. The number of hydrogen-bond donors (Lipinski definition) is 2. The van der Waals surface area contributed by atoms with E-state index in [0.717, 1.165) is 18.3 Å². The maximum atomic E-state index is 13.3. The molecule has 200 valence electrons. The van der Waals surface area contributed by atoms with Crippen LogP contribution in [-0.4, -0.2) is 98.6 Å². The van der Waals surface area contributed by atoms with E-state index in [1.165, 1.54) is 28.6 Å². The first-order chi connectivity index (χ1) is 16.9. The summed E-state index contributed by atoms with van der Waals surface area (Å²) in [5.41, 5.74) is -2.61. The number of piperazine rings is 1. The molecule has 2 fully saturated rings. The average molecular weight is 550 g/mol. The maximum absolute atomic E-state index is 13.3. The standard InChI is InChI=1S/C23H30F3N3O5S2/c1-22(31,23(24,25)26)17-4-6-18(7-5-17)29-9-8-28(36(32,33)21-3-2-12-35-21)14-19(29)13-27-10-11-34-20(15-27)16-30/h2-7,12,19-20,30-31H,8-11,13-16H2,1H3/t19-,20+,22-/m1/s1. The summed E-state index contributed by atoms with van der Waals surface area (Å²) in [5, 5.41) is 21.2. The highest BCUT2D eigenvalue weighted by molar-refractivity contribution is 7.91. The van der Waals surface area contributed by atoms with Crippen molar-refractivity contribution in [2.45, 2.75) is 35.1 Å². The summed E-state index contributed by atoms with van der Waals surface area (Å²) >= 11 is 1.15. The second-order valence-electron chi connectivity index (χ2n) is 9.19. The number of anilines is 1. The largest absolute Gasteiger partial charge is 0.421 e. The lowest BCUT2D eigenvalue weighted by molar-refractivity contribution is -0.258. The second-order valence-corrected chi connectivity index (χ2v) is 12.3. The van der Waals surface area contributed by atoms with Gasteiger partial charge in [-0.1, -0.05) is 18.2 Å². The summed E-state index contributed by atoms with van der Waals surface area (Å²) < 4.78 is 73.5. The van der Waals surface area contributed by atoms with Crippen molar-refractivity contribution >= 4 is 27.0 Å². The minimum atomic E-state index is -4.82. The van der Waals surface area contributed by atoms with Crippen LogP contribution in [0.5, 0.6) is 0 Å². The van der Waals surface area contributed by atoms with Crippen LogP contribution in [0.2, 0.25) is 0 Å². The van der Waals surface area contributed by atoms with Crippen molar-refractivity contribution in [2.24, 2.45) is 0 Å². The summed E-state index contributed by atoms with van der Waals surface area (Å²) in [6, 6.07) is 8.53. The van der Waals surface area contributed by atoms with Crippen molar-refractivity contribution in [2.75, 3.05) is 57.4 Å². The zero-order valence-corrected chi connectivity index (χ0v) is 21.4. The van der Waals surface area contributed by atoms with Gasteiger partial charge in [0.2, 0.25) is 0 Å². The van der Waals surface area contributed by atoms with Gasteiger partial charge in [0.1, 0.15) is 4.21 Å². The Morgan fingerprint density at radius 1 is 1.11 bits per heavy atom. The van der Waals surface area contributed by atoms with Crippen molar-refractivity contribution in [3.8, 4) is 0 Å². The van der Waals surface area contributed by atoms with Crippen molar-refractivity contribution in [3.63, 3.8) is 0 Å². The molecule has 8 nitrogen and oxygen atoms in total. The molecule has 2 saturated heterocycles. The van der Waals surface area contributed by atoms with Gasteiger partial charge in [-0.15, -0.1) is 11.3 Å². The molecule has 0 spiro atoms. The molecule has 1 aromatic carbocycles. The predicted molar refractivity (Wildman–Crippen MR) is 130 cm³/mol. The van der Waals surface area contributed by atoms with E-state index in [4.69, 9.17) is 4.74 Å². The number of halogens is 3. The smallest absolute Gasteiger partial charge is 0.394 e. The Bertz CT molecular complexity index is 1110. The normalized spacial score (nSPS) is 24.6. The second kappa shape index (κ2) is 10.6. The summed E-state index contributed by atoms with van der Waals surface area (Å²) in [6.07, 6.45) is -5.15. The number of hydrogen-bond acceptors (Lipinski definition) is 8. The molecule has 3 atom stereocenters. The van der Waals surface area contributed by atoms with Gasteiger partial charge < -0.3 is 19.8 Å². The van der Waals surface area contributed by atoms with Gasteiger partial charge in [-0.05, 0) is 36.1 Å². The van der Waals surface area contributed by atoms with Crippen LogP contribution in [-0.2, 0) is 20.4 Å². The Morgan fingerprint density at radius 3 is 2.44 bits per heavy atom. The monoisotopic (exact) mass is 549 g/mol. The molecular formula is C23H30F3N3O5S2. The van der Waals surface area contributed by atoms with Crippen molar-refractivity contribution in [1.82, 2.24) is 9.21 Å². The SMILES string of the molecule is C[C@@](O)(c1ccc(N2CCN(S(=O)(=O)c3cccs3)C[C@H]2CN2CCO[C@H](CO)C2)cc1)C(F)(F)F. The van der Waals surface area contributed by atoms with Gasteiger partial charge in [0, 0.05) is 45.0 Å². The number of benzene rings is 1. The number of sulfonamides is 1. The average Bonchev–Trinajstić information content (AvgIpc) is 3.40. The molecule has 0 amide bonds. The molecule has 2 N–H and O–H groups in total. The summed E-state index contributed by atoms with van der Waals surface area (Å²) in [7, 11) is -3.67. The molecule has 1 aromatic heterocycles. The number of rotatable bonds is 7. The molecule has 2 aromatic rings. The van der Waals surface area contributed by atoms with Gasteiger partial charge in [0.05, 0.1) is 25.4 Å². The van der Waals surface area contributed by atoms with Crippen LogP contribution in [0.3, 0.4) is 0 Å². The Hall–Kier alpha value is -1.74. The van der Waals surface area contributed by atoms with Gasteiger partial charge in [-0.2, -0.15) is 17.5 Å². The first-order valence-electron chi connectivity index (χ1n) is 11.6. The fraction of sp³-hybridized carbons (Fsp3) is 0.565. The molecule has 0 radical (unpaired) electrons. The first-order valence-corrected chi connectivity index (χ1v) is 13.9. The van der Waals surface area contributed by atoms with Gasteiger partial charge >= 0.3 is 6.18 Å². The molecule has 2 aliphatic heterocycles. The van der Waals surface area contributed by atoms with E-state index in [9.17, 15) is 31.8 Å². The number of ether oxygens (including phenoxy) is 1. The van der Waals surface area contributed by atoms with E-state index >= 15 is 0 Å². The van der Waals surface area contributed by atoms with E-state index < -0.39 is 21.8 Å². The molecule has 0 bridgehead atoms. The number of alkyl halides is 3. The summed E-state index contributed by atoms with van der Waals surface area (Å²) in [6.45, 7) is 3.40. The quantitative estimate of drug-likeness (QED) is 0.547. The number of morpholine rings is 1. The van der Waals surface area contributed by atoms with E-state index in [-0.39, 0.29) is 41.6 Å². The van der Waals surface area contributed by atoms with E-state index in [1.54, 1.807) is 17.5 Å². The van der Waals surface area contributed by atoms with Crippen LogP contribution in [0.15, 0.2) is 46.0 Å². The zero-order valence-electron chi connectivity index (χ0n) is 19.8. The molecule has 36 heavy (non-hydrogen) atoms. The molecule has 4 rings (SSSR count). The van der Waals surface area contributed by atoms with Crippen LogP contribution in [0, 0.1) is 0 Å².